The molecule has 2 aromatic carbocycles. The summed E-state index contributed by atoms with van der Waals surface area (Å²) in [4.78, 5) is 24.7. The first-order valence-corrected chi connectivity index (χ1v) is 11.4. The van der Waals surface area contributed by atoms with Crippen molar-refractivity contribution in [3.05, 3.63) is 58.1 Å². The number of hydrogen-bond acceptors (Lipinski definition) is 5. The lowest BCUT2D eigenvalue weighted by molar-refractivity contribution is -0.123. The molecule has 1 aliphatic heterocycles. The van der Waals surface area contributed by atoms with Crippen LogP contribution in [0.4, 0.5) is 5.69 Å². The van der Waals surface area contributed by atoms with Gasteiger partial charge in [-0.15, -0.1) is 0 Å². The van der Waals surface area contributed by atoms with E-state index < -0.39 is 28.0 Å². The Labute approximate surface area is 185 Å². The molecule has 1 aliphatic rings. The Bertz CT molecular complexity index is 1030. The molecule has 0 saturated carbocycles. The molecule has 3 rings (SSSR count). The van der Waals surface area contributed by atoms with Gasteiger partial charge >= 0.3 is 5.97 Å². The number of carbonyl (C=O) groups excluding carboxylic acids is 2. The second kappa shape index (κ2) is 9.34. The molecule has 0 aromatic heterocycles. The number of halogens is 2. The van der Waals surface area contributed by atoms with Crippen LogP contribution in [0.5, 0.6) is 0 Å². The summed E-state index contributed by atoms with van der Waals surface area (Å²) in [6.45, 7) is 2.42. The van der Waals surface area contributed by atoms with Gasteiger partial charge in [0, 0.05) is 28.8 Å². The Morgan fingerprint density at radius 1 is 1.03 bits per heavy atom. The maximum Gasteiger partial charge on any atom is 0.338 e. The molecule has 160 valence electrons. The Morgan fingerprint density at radius 2 is 1.60 bits per heavy atom. The predicted octanol–water partition coefficient (Wildman–Crippen LogP) is 3.96. The first kappa shape index (κ1) is 22.6. The van der Waals surface area contributed by atoms with E-state index in [1.807, 2.05) is 0 Å². The second-order valence-electron chi connectivity index (χ2n) is 6.83. The van der Waals surface area contributed by atoms with E-state index in [0.29, 0.717) is 28.8 Å². The highest BCUT2D eigenvalue weighted by Crippen LogP contribution is 2.23. The summed E-state index contributed by atoms with van der Waals surface area (Å²) in [6.07, 6.45) is 0.582. The van der Waals surface area contributed by atoms with Crippen LogP contribution in [0.3, 0.4) is 0 Å². The van der Waals surface area contributed by atoms with Crippen molar-refractivity contribution in [3.63, 3.8) is 0 Å². The van der Waals surface area contributed by atoms with E-state index in [9.17, 15) is 18.0 Å². The molecule has 0 aliphatic carbocycles. The smallest absolute Gasteiger partial charge is 0.338 e. The van der Waals surface area contributed by atoms with Crippen molar-refractivity contribution in [3.8, 4) is 0 Å². The van der Waals surface area contributed by atoms with Crippen LogP contribution < -0.4 is 5.32 Å². The molecule has 1 atom stereocenters. The summed E-state index contributed by atoms with van der Waals surface area (Å²) in [7, 11) is -3.56. The summed E-state index contributed by atoms with van der Waals surface area (Å²) in [5.41, 5.74) is 0.512. The number of esters is 1. The molecular weight excluding hydrogens is 451 g/mol. The molecule has 1 heterocycles. The molecule has 2 aromatic rings. The van der Waals surface area contributed by atoms with Crippen molar-refractivity contribution < 1.29 is 22.7 Å². The Kier molecular flexibility index (Phi) is 7.02. The molecule has 0 unspecified atom stereocenters. The minimum atomic E-state index is -3.56. The van der Waals surface area contributed by atoms with Crippen LogP contribution in [0.1, 0.15) is 30.1 Å². The lowest BCUT2D eigenvalue weighted by atomic mass is 10.2. The molecule has 30 heavy (non-hydrogen) atoms. The summed E-state index contributed by atoms with van der Waals surface area (Å²) in [6, 6.07) is 10.0. The van der Waals surface area contributed by atoms with Crippen molar-refractivity contribution in [2.45, 2.75) is 30.8 Å². The number of benzene rings is 2. The van der Waals surface area contributed by atoms with E-state index in [1.165, 1.54) is 53.7 Å². The van der Waals surface area contributed by atoms with Crippen molar-refractivity contribution >= 4 is 50.8 Å². The van der Waals surface area contributed by atoms with Gasteiger partial charge < -0.3 is 10.1 Å². The Balaban J connectivity index is 1.63. The SMILES string of the molecule is C[C@H](OC(=O)c1ccc(S(=O)(=O)N2CCCC2)cc1)C(=O)Nc1cc(Cl)cc(Cl)c1. The number of sulfonamides is 1. The number of ether oxygens (including phenoxy) is 1. The topological polar surface area (TPSA) is 92.8 Å². The van der Waals surface area contributed by atoms with Crippen LogP contribution in [-0.2, 0) is 19.6 Å². The molecule has 0 spiro atoms. The van der Waals surface area contributed by atoms with Gasteiger partial charge in [0.2, 0.25) is 10.0 Å². The molecular formula is C20H20Cl2N2O5S. The zero-order chi connectivity index (χ0) is 21.9. The van der Waals surface area contributed by atoms with Crippen LogP contribution in [-0.4, -0.2) is 43.8 Å². The molecule has 1 saturated heterocycles. The van der Waals surface area contributed by atoms with Gasteiger partial charge in [0.15, 0.2) is 6.10 Å². The third-order valence-electron chi connectivity index (χ3n) is 4.58. The van der Waals surface area contributed by atoms with E-state index in [1.54, 1.807) is 0 Å². The van der Waals surface area contributed by atoms with E-state index in [2.05, 4.69) is 5.32 Å². The Hall–Kier alpha value is -2.13. The van der Waals surface area contributed by atoms with Gasteiger partial charge in [-0.05, 0) is 62.2 Å². The number of nitrogens with one attached hydrogen (secondary N) is 1. The average Bonchev–Trinajstić information content (AvgIpc) is 3.23. The van der Waals surface area contributed by atoms with Crippen molar-refractivity contribution in [2.75, 3.05) is 18.4 Å². The normalized spacial score (nSPS) is 15.6. The summed E-state index contributed by atoms with van der Waals surface area (Å²) < 4.78 is 31.7. The van der Waals surface area contributed by atoms with Gasteiger partial charge in [-0.25, -0.2) is 13.2 Å². The fourth-order valence-corrected chi connectivity index (χ4v) is 5.04. The lowest BCUT2D eigenvalue weighted by Gasteiger charge is -2.16. The van der Waals surface area contributed by atoms with Crippen molar-refractivity contribution in [1.29, 1.82) is 0 Å². The first-order chi connectivity index (χ1) is 14.2. The van der Waals surface area contributed by atoms with Crippen LogP contribution in [0.2, 0.25) is 10.0 Å². The highest BCUT2D eigenvalue weighted by atomic mass is 35.5. The zero-order valence-electron chi connectivity index (χ0n) is 16.1. The van der Waals surface area contributed by atoms with E-state index in [4.69, 9.17) is 27.9 Å². The molecule has 0 bridgehead atoms. The van der Waals surface area contributed by atoms with Gasteiger partial charge in [0.1, 0.15) is 0 Å². The fraction of sp³-hybridized carbons (Fsp3) is 0.300. The summed E-state index contributed by atoms with van der Waals surface area (Å²) in [5, 5.41) is 3.28. The second-order valence-corrected chi connectivity index (χ2v) is 9.64. The number of amides is 1. The van der Waals surface area contributed by atoms with Gasteiger partial charge in [-0.2, -0.15) is 4.31 Å². The number of nitrogens with zero attached hydrogens (tertiary/aromatic N) is 1. The Morgan fingerprint density at radius 3 is 2.17 bits per heavy atom. The highest BCUT2D eigenvalue weighted by Gasteiger charge is 2.27. The molecule has 10 heteroatoms. The minimum absolute atomic E-state index is 0.115. The van der Waals surface area contributed by atoms with Gasteiger partial charge in [-0.1, -0.05) is 23.2 Å². The van der Waals surface area contributed by atoms with Crippen LogP contribution in [0, 0.1) is 0 Å². The molecule has 1 fully saturated rings. The standard InChI is InChI=1S/C20H20Cl2N2O5S/c1-13(19(25)23-17-11-15(21)10-16(22)12-17)29-20(26)14-4-6-18(7-5-14)30(27,28)24-8-2-3-9-24/h4-7,10-13H,2-3,8-9H2,1H3,(H,23,25)/t13-/m0/s1. The van der Waals surface area contributed by atoms with E-state index in [0.717, 1.165) is 12.8 Å². The fourth-order valence-electron chi connectivity index (χ4n) is 2.99. The number of rotatable bonds is 6. The van der Waals surface area contributed by atoms with E-state index in [-0.39, 0.29) is 10.5 Å². The minimum Gasteiger partial charge on any atom is -0.449 e. The van der Waals surface area contributed by atoms with Crippen molar-refractivity contribution in [1.82, 2.24) is 4.31 Å². The monoisotopic (exact) mass is 470 g/mol. The average molecular weight is 471 g/mol. The third-order valence-corrected chi connectivity index (χ3v) is 6.93. The molecule has 7 nitrogen and oxygen atoms in total. The van der Waals surface area contributed by atoms with Crippen LogP contribution in [0.25, 0.3) is 0 Å². The maximum absolute atomic E-state index is 12.5. The first-order valence-electron chi connectivity index (χ1n) is 9.25. The highest BCUT2D eigenvalue weighted by molar-refractivity contribution is 7.89. The quantitative estimate of drug-likeness (QED) is 0.644. The predicted molar refractivity (Wildman–Crippen MR) is 114 cm³/mol. The lowest BCUT2D eigenvalue weighted by Crippen LogP contribution is -2.30. The van der Waals surface area contributed by atoms with E-state index >= 15 is 0 Å². The van der Waals surface area contributed by atoms with Gasteiger partial charge in [0.05, 0.1) is 10.5 Å². The molecule has 0 radical (unpaired) electrons. The van der Waals surface area contributed by atoms with Crippen LogP contribution >= 0.6 is 23.2 Å². The number of hydrogen-bond donors (Lipinski definition) is 1. The summed E-state index contributed by atoms with van der Waals surface area (Å²) in [5.74, 6) is -1.30. The molecule has 1 amide bonds. The van der Waals surface area contributed by atoms with Crippen molar-refractivity contribution in [2.24, 2.45) is 0 Å². The zero-order valence-corrected chi connectivity index (χ0v) is 18.4. The maximum atomic E-state index is 12.5. The summed E-state index contributed by atoms with van der Waals surface area (Å²) >= 11 is 11.8. The third kappa shape index (κ3) is 5.31. The largest absolute Gasteiger partial charge is 0.449 e. The number of carbonyl (C=O) groups is 2. The van der Waals surface area contributed by atoms with Crippen LogP contribution in [0.15, 0.2) is 47.4 Å². The number of anilines is 1. The van der Waals surface area contributed by atoms with Gasteiger partial charge in [0.25, 0.3) is 5.91 Å². The van der Waals surface area contributed by atoms with Gasteiger partial charge in [-0.3, -0.25) is 4.79 Å². The molecule has 1 N–H and O–H groups in total.